The highest BCUT2D eigenvalue weighted by molar-refractivity contribution is 8.03. The van der Waals surface area contributed by atoms with Crippen molar-refractivity contribution >= 4 is 21.3 Å². The topological polar surface area (TPSA) is 119 Å². The molecule has 1 aromatic carbocycles. The van der Waals surface area contributed by atoms with Crippen LogP contribution in [0.3, 0.4) is 0 Å². The Balaban J connectivity index is 1.91. The van der Waals surface area contributed by atoms with E-state index >= 15 is 0 Å². The summed E-state index contributed by atoms with van der Waals surface area (Å²) in [5.41, 5.74) is 8.25. The Bertz CT molecular complexity index is 1190. The fourth-order valence-electron chi connectivity index (χ4n) is 3.00. The molecule has 1 aliphatic rings. The molecule has 33 heavy (non-hydrogen) atoms. The number of nitrogens with two attached hydrogens (primary N) is 1. The Morgan fingerprint density at radius 3 is 2.70 bits per heavy atom. The average Bonchev–Trinajstić information content (AvgIpc) is 3.40. The summed E-state index contributed by atoms with van der Waals surface area (Å²) >= 11 is 0. The van der Waals surface area contributed by atoms with Crippen LogP contribution in [-0.4, -0.2) is 57.7 Å². The quantitative estimate of drug-likeness (QED) is 0.293. The summed E-state index contributed by atoms with van der Waals surface area (Å²) < 4.78 is 29.4. The monoisotopic (exact) mass is 473 g/mol. The number of nitrogens with one attached hydrogen (secondary N) is 1. The van der Waals surface area contributed by atoms with E-state index in [1.54, 1.807) is 26.0 Å². The number of H-pyrrole nitrogens is 1. The summed E-state index contributed by atoms with van der Waals surface area (Å²) in [4.78, 5) is 7.74. The van der Waals surface area contributed by atoms with Crippen molar-refractivity contribution in [2.45, 2.75) is 33.0 Å². The third kappa shape index (κ3) is 6.66. The van der Waals surface area contributed by atoms with Gasteiger partial charge in [0.25, 0.3) is 0 Å². The number of aliphatic imine (C=N–C) groups is 1. The number of benzene rings is 1. The molecule has 1 unspecified atom stereocenters. The van der Waals surface area contributed by atoms with Gasteiger partial charge in [-0.3, -0.25) is 4.21 Å². The van der Waals surface area contributed by atoms with E-state index in [2.05, 4.69) is 15.8 Å². The lowest BCUT2D eigenvalue weighted by Crippen LogP contribution is -2.16. The van der Waals surface area contributed by atoms with E-state index < -0.39 is 9.52 Å². The predicted octanol–water partition coefficient (Wildman–Crippen LogP) is 3.04. The lowest BCUT2D eigenvalue weighted by atomic mass is 10.1. The Hall–Kier alpha value is -3.17. The van der Waals surface area contributed by atoms with Gasteiger partial charge >= 0.3 is 0 Å². The van der Waals surface area contributed by atoms with Crippen LogP contribution >= 0.6 is 0 Å². The standard InChI is InChI=1S/C24H31N3O5S/c1-15(6-9-23(25)33(4,5)29)30-19-10-18(11-20(12-19)31-17(3)14-28)21-7-8-22(27-21)24-26-13-16(2)32-24/h6-12,16-17,27-28H,4,13-14,25H2,1-3,5H3/b15-6+,23-9+/t16-,17-,33?/m0/s1. The van der Waals surface area contributed by atoms with Crippen LogP contribution in [-0.2, 0) is 14.3 Å². The normalized spacial score (nSPS) is 19.4. The summed E-state index contributed by atoms with van der Waals surface area (Å²) in [6, 6.07) is 9.30. The van der Waals surface area contributed by atoms with Crippen molar-refractivity contribution < 1.29 is 23.5 Å². The maximum atomic E-state index is 11.9. The molecule has 3 atom stereocenters. The molecule has 0 radical (unpaired) electrons. The number of hydrogen-bond acceptors (Lipinski definition) is 7. The summed E-state index contributed by atoms with van der Waals surface area (Å²) in [5, 5.41) is 9.57. The zero-order valence-electron chi connectivity index (χ0n) is 19.3. The molecule has 4 N–H and O–H groups in total. The van der Waals surface area contributed by atoms with Gasteiger partial charge in [-0.15, -0.1) is 0 Å². The predicted molar refractivity (Wildman–Crippen MR) is 133 cm³/mol. The molecular weight excluding hydrogens is 442 g/mol. The number of nitrogens with zero attached hydrogens (tertiary/aromatic N) is 1. The molecular formula is C24H31N3O5S. The minimum atomic E-state index is -2.47. The molecule has 0 aliphatic carbocycles. The van der Waals surface area contributed by atoms with Gasteiger partial charge in [0, 0.05) is 33.1 Å². The van der Waals surface area contributed by atoms with Crippen LogP contribution in [0.25, 0.3) is 11.3 Å². The highest BCUT2D eigenvalue weighted by Crippen LogP contribution is 2.31. The van der Waals surface area contributed by atoms with Gasteiger partial charge in [0.15, 0.2) is 0 Å². The first-order valence-electron chi connectivity index (χ1n) is 10.5. The Morgan fingerprint density at radius 1 is 1.36 bits per heavy atom. The second kappa shape index (κ2) is 10.2. The molecule has 2 heterocycles. The molecule has 1 aliphatic heterocycles. The Kier molecular flexibility index (Phi) is 7.55. The summed E-state index contributed by atoms with van der Waals surface area (Å²) in [6.07, 6.45) is 4.32. The maximum absolute atomic E-state index is 11.9. The third-order valence-electron chi connectivity index (χ3n) is 4.77. The first-order valence-corrected chi connectivity index (χ1v) is 12.7. The van der Waals surface area contributed by atoms with Crippen LogP contribution in [0, 0.1) is 0 Å². The van der Waals surface area contributed by atoms with Crippen LogP contribution in [0.5, 0.6) is 11.5 Å². The van der Waals surface area contributed by atoms with Crippen LogP contribution in [0.2, 0.25) is 0 Å². The van der Waals surface area contributed by atoms with E-state index in [1.807, 2.05) is 31.2 Å². The Morgan fingerprint density at radius 2 is 2.06 bits per heavy atom. The van der Waals surface area contributed by atoms with E-state index in [9.17, 15) is 9.32 Å². The fourth-order valence-corrected chi connectivity index (χ4v) is 3.36. The van der Waals surface area contributed by atoms with Gasteiger partial charge in [0.05, 0.1) is 18.2 Å². The number of aromatic nitrogens is 1. The zero-order valence-corrected chi connectivity index (χ0v) is 20.1. The van der Waals surface area contributed by atoms with Crippen molar-refractivity contribution in [3.63, 3.8) is 0 Å². The second-order valence-corrected chi connectivity index (χ2v) is 10.6. The lowest BCUT2D eigenvalue weighted by Gasteiger charge is -2.15. The van der Waals surface area contributed by atoms with E-state index in [1.165, 1.54) is 12.3 Å². The lowest BCUT2D eigenvalue weighted by molar-refractivity contribution is 0.129. The summed E-state index contributed by atoms with van der Waals surface area (Å²) in [5.74, 6) is 5.76. The van der Waals surface area contributed by atoms with Crippen molar-refractivity contribution in [2.24, 2.45) is 10.7 Å². The van der Waals surface area contributed by atoms with Gasteiger partial charge in [-0.25, -0.2) is 4.99 Å². The average molecular weight is 474 g/mol. The molecule has 3 rings (SSSR count). The van der Waals surface area contributed by atoms with E-state index in [0.717, 1.165) is 17.0 Å². The molecule has 178 valence electrons. The summed E-state index contributed by atoms with van der Waals surface area (Å²) in [7, 11) is -2.47. The number of aliphatic hydroxyl groups is 1. The van der Waals surface area contributed by atoms with E-state index in [-0.39, 0.29) is 23.8 Å². The van der Waals surface area contributed by atoms with Crippen LogP contribution in [0.1, 0.15) is 26.5 Å². The van der Waals surface area contributed by atoms with Gasteiger partial charge in [-0.2, -0.15) is 0 Å². The highest BCUT2D eigenvalue weighted by atomic mass is 32.2. The maximum Gasteiger partial charge on any atom is 0.233 e. The van der Waals surface area contributed by atoms with E-state index in [0.29, 0.717) is 29.7 Å². The molecule has 0 fully saturated rings. The number of aliphatic hydroxyl groups excluding tert-OH is 1. The van der Waals surface area contributed by atoms with Crippen molar-refractivity contribution in [2.75, 3.05) is 19.4 Å². The number of ether oxygens (including phenoxy) is 3. The first-order chi connectivity index (χ1) is 15.5. The molecule has 2 aromatic rings. The number of aromatic amines is 1. The van der Waals surface area contributed by atoms with Crippen LogP contribution in [0.15, 0.2) is 58.3 Å². The van der Waals surface area contributed by atoms with Crippen molar-refractivity contribution in [1.29, 1.82) is 0 Å². The van der Waals surface area contributed by atoms with Gasteiger partial charge in [-0.1, -0.05) is 0 Å². The van der Waals surface area contributed by atoms with Crippen LogP contribution < -0.4 is 15.2 Å². The third-order valence-corrected chi connectivity index (χ3v) is 5.90. The SMILES string of the molecule is C=S(C)(=O)/C(N)=C/C=C(\C)Oc1cc(O[C@@H](C)CO)cc(-c2ccc(C3=NC[C@H](C)O3)[nH]2)c1. The number of hydrogen-bond donors (Lipinski definition) is 3. The minimum absolute atomic E-state index is 0.0610. The zero-order chi connectivity index (χ0) is 24.2. The van der Waals surface area contributed by atoms with Gasteiger partial charge < -0.3 is 30.0 Å². The minimum Gasteiger partial charge on any atom is -0.488 e. The smallest absolute Gasteiger partial charge is 0.233 e. The number of allylic oxidation sites excluding steroid dienone is 3. The largest absolute Gasteiger partial charge is 0.488 e. The molecule has 1 aromatic heterocycles. The fraction of sp³-hybridized carbons (Fsp3) is 0.333. The molecule has 9 heteroatoms. The second-order valence-electron chi connectivity index (χ2n) is 8.12. The van der Waals surface area contributed by atoms with Crippen molar-refractivity contribution in [3.05, 3.63) is 59.0 Å². The van der Waals surface area contributed by atoms with E-state index in [4.69, 9.17) is 19.9 Å². The van der Waals surface area contributed by atoms with Crippen molar-refractivity contribution in [3.8, 4) is 22.8 Å². The molecule has 0 saturated heterocycles. The van der Waals surface area contributed by atoms with Gasteiger partial charge in [-0.05, 0) is 63.1 Å². The highest BCUT2D eigenvalue weighted by Gasteiger charge is 2.19. The number of rotatable bonds is 9. The van der Waals surface area contributed by atoms with Crippen molar-refractivity contribution in [1.82, 2.24) is 4.98 Å². The molecule has 0 saturated carbocycles. The molecule has 0 spiro atoms. The molecule has 0 amide bonds. The van der Waals surface area contributed by atoms with Gasteiger partial charge in [0.1, 0.15) is 35.2 Å². The van der Waals surface area contributed by atoms with Crippen LogP contribution in [0.4, 0.5) is 0 Å². The molecule has 8 nitrogen and oxygen atoms in total. The molecule has 0 bridgehead atoms. The Labute approximate surface area is 194 Å². The first kappa shape index (κ1) is 24.5. The van der Waals surface area contributed by atoms with Gasteiger partial charge in [0.2, 0.25) is 5.90 Å². The summed E-state index contributed by atoms with van der Waals surface area (Å²) in [6.45, 7) is 6.03.